The molecular formula is C17H18N3O3S-. The van der Waals surface area contributed by atoms with Crippen LogP contribution in [0.4, 0.5) is 5.82 Å². The number of ether oxygens (including phenoxy) is 1. The molecule has 6 nitrogen and oxygen atoms in total. The molecule has 0 bridgehead atoms. The summed E-state index contributed by atoms with van der Waals surface area (Å²) in [6, 6.07) is 10.9. The van der Waals surface area contributed by atoms with Crippen LogP contribution in [-0.4, -0.2) is 42.2 Å². The molecule has 0 radical (unpaired) electrons. The molecule has 2 heterocycles. The number of rotatable bonds is 5. The molecule has 0 unspecified atom stereocenters. The highest BCUT2D eigenvalue weighted by molar-refractivity contribution is 8.00. The largest absolute Gasteiger partial charge is 0.549 e. The second-order valence-corrected chi connectivity index (χ2v) is 6.55. The Bertz CT molecular complexity index is 705. The summed E-state index contributed by atoms with van der Waals surface area (Å²) in [7, 11) is 0. The number of morpholine rings is 1. The summed E-state index contributed by atoms with van der Waals surface area (Å²) in [5.74, 6) is -0.345. The summed E-state index contributed by atoms with van der Waals surface area (Å²) >= 11 is 1.10. The predicted molar refractivity (Wildman–Crippen MR) is 89.8 cm³/mol. The fourth-order valence-corrected chi connectivity index (χ4v) is 3.46. The van der Waals surface area contributed by atoms with Gasteiger partial charge in [-0.15, -0.1) is 0 Å². The third-order valence-electron chi connectivity index (χ3n) is 3.69. The van der Waals surface area contributed by atoms with Crippen molar-refractivity contribution in [3.8, 4) is 0 Å². The van der Waals surface area contributed by atoms with E-state index in [4.69, 9.17) is 4.74 Å². The fraction of sp³-hybridized carbons (Fsp3) is 0.353. The minimum absolute atomic E-state index is 0.439. The van der Waals surface area contributed by atoms with Crippen LogP contribution in [0.5, 0.6) is 0 Å². The topological polar surface area (TPSA) is 78.4 Å². The molecule has 3 rings (SSSR count). The Kier molecular flexibility index (Phi) is 5.32. The lowest BCUT2D eigenvalue weighted by molar-refractivity contribution is -0.305. The van der Waals surface area contributed by atoms with Crippen LogP contribution in [0.1, 0.15) is 16.5 Å². The van der Waals surface area contributed by atoms with E-state index in [1.54, 1.807) is 12.1 Å². The molecule has 0 saturated carbocycles. The zero-order valence-electron chi connectivity index (χ0n) is 13.3. The number of hydrogen-bond donors (Lipinski definition) is 0. The number of anilines is 1. The average Bonchev–Trinajstić information content (AvgIpc) is 2.60. The molecule has 1 aliphatic heterocycles. The van der Waals surface area contributed by atoms with Crippen LogP contribution in [0.3, 0.4) is 0 Å². The van der Waals surface area contributed by atoms with Gasteiger partial charge in [-0.1, -0.05) is 42.1 Å². The lowest BCUT2D eigenvalue weighted by Crippen LogP contribution is -2.37. The molecule has 1 aromatic heterocycles. The second-order valence-electron chi connectivity index (χ2n) is 5.48. The minimum Gasteiger partial charge on any atom is -0.549 e. The highest BCUT2D eigenvalue weighted by atomic mass is 32.2. The fourth-order valence-electron chi connectivity index (χ4n) is 2.52. The van der Waals surface area contributed by atoms with Gasteiger partial charge in [0, 0.05) is 24.8 Å². The van der Waals surface area contributed by atoms with Crippen LogP contribution in [0.2, 0.25) is 0 Å². The van der Waals surface area contributed by atoms with E-state index < -0.39 is 11.2 Å². The first kappa shape index (κ1) is 16.7. The summed E-state index contributed by atoms with van der Waals surface area (Å²) < 4.78 is 5.36. The summed E-state index contributed by atoms with van der Waals surface area (Å²) in [5.41, 5.74) is 1.47. The molecule has 24 heavy (non-hydrogen) atoms. The quantitative estimate of drug-likeness (QED) is 0.596. The molecule has 0 N–H and O–H groups in total. The number of carboxylic acids is 1. The number of nitrogens with zero attached hydrogens (tertiary/aromatic N) is 3. The van der Waals surface area contributed by atoms with Gasteiger partial charge in [-0.3, -0.25) is 0 Å². The Morgan fingerprint density at radius 2 is 1.96 bits per heavy atom. The normalized spacial score (nSPS) is 16.0. The Morgan fingerprint density at radius 3 is 2.62 bits per heavy atom. The van der Waals surface area contributed by atoms with Gasteiger partial charge in [0.05, 0.1) is 24.4 Å². The van der Waals surface area contributed by atoms with Crippen molar-refractivity contribution < 1.29 is 14.6 Å². The number of aromatic nitrogens is 2. The molecule has 1 aliphatic rings. The van der Waals surface area contributed by atoms with Crippen molar-refractivity contribution in [2.75, 3.05) is 31.2 Å². The molecule has 0 amide bonds. The molecule has 126 valence electrons. The number of aliphatic carboxylic acids is 1. The maximum Gasteiger partial charge on any atom is 0.190 e. The van der Waals surface area contributed by atoms with Crippen molar-refractivity contribution in [3.05, 3.63) is 47.7 Å². The van der Waals surface area contributed by atoms with E-state index in [0.717, 1.165) is 36.4 Å². The first-order chi connectivity index (χ1) is 11.6. The molecule has 2 aromatic rings. The highest BCUT2D eigenvalue weighted by Gasteiger charge is 2.19. The Balaban J connectivity index is 1.85. The smallest absolute Gasteiger partial charge is 0.190 e. The molecule has 0 spiro atoms. The van der Waals surface area contributed by atoms with Gasteiger partial charge in [-0.05, 0) is 12.5 Å². The van der Waals surface area contributed by atoms with Crippen molar-refractivity contribution in [2.24, 2.45) is 0 Å². The van der Waals surface area contributed by atoms with Crippen molar-refractivity contribution in [1.82, 2.24) is 9.97 Å². The third-order valence-corrected chi connectivity index (χ3v) is 4.79. The summed E-state index contributed by atoms with van der Waals surface area (Å²) in [6.07, 6.45) is 0. The van der Waals surface area contributed by atoms with Gasteiger partial charge >= 0.3 is 0 Å². The first-order valence-corrected chi connectivity index (χ1v) is 8.62. The minimum atomic E-state index is -1.15. The van der Waals surface area contributed by atoms with Crippen molar-refractivity contribution in [2.45, 2.75) is 17.3 Å². The van der Waals surface area contributed by atoms with Gasteiger partial charge in [0.1, 0.15) is 5.82 Å². The highest BCUT2D eigenvalue weighted by Crippen LogP contribution is 2.33. The number of carbonyl (C=O) groups excluding carboxylic acids is 1. The zero-order valence-corrected chi connectivity index (χ0v) is 14.2. The standard InChI is InChI=1S/C17H19N3O3S/c1-12-11-14(20-7-9-23-10-8-20)19-17(18-12)24-15(16(21)22)13-5-3-2-4-6-13/h2-6,11,15H,7-10H2,1H3,(H,21,22)/p-1/t15-/m0/s1. The zero-order chi connectivity index (χ0) is 16.9. The number of benzene rings is 1. The molecule has 0 aliphatic carbocycles. The van der Waals surface area contributed by atoms with Crippen LogP contribution in [-0.2, 0) is 9.53 Å². The number of carbonyl (C=O) groups is 1. The van der Waals surface area contributed by atoms with E-state index in [9.17, 15) is 9.90 Å². The van der Waals surface area contributed by atoms with Gasteiger partial charge in [0.15, 0.2) is 5.16 Å². The number of aryl methyl sites for hydroxylation is 1. The maximum absolute atomic E-state index is 11.6. The van der Waals surface area contributed by atoms with E-state index in [0.29, 0.717) is 23.9 Å². The van der Waals surface area contributed by atoms with E-state index in [1.165, 1.54) is 0 Å². The van der Waals surface area contributed by atoms with Gasteiger partial charge in [0.2, 0.25) is 0 Å². The number of thioether (sulfide) groups is 1. The SMILES string of the molecule is Cc1cc(N2CCOCC2)nc(S[C@H](C(=O)[O-])c2ccccc2)n1. The van der Waals surface area contributed by atoms with E-state index in [-0.39, 0.29) is 0 Å². The van der Waals surface area contributed by atoms with E-state index in [1.807, 2.05) is 31.2 Å². The second kappa shape index (κ2) is 7.63. The lowest BCUT2D eigenvalue weighted by Gasteiger charge is -2.28. The summed E-state index contributed by atoms with van der Waals surface area (Å²) in [6.45, 7) is 4.74. The Morgan fingerprint density at radius 1 is 1.25 bits per heavy atom. The van der Waals surface area contributed by atoms with E-state index in [2.05, 4.69) is 14.9 Å². The maximum atomic E-state index is 11.6. The Hall–Kier alpha value is -2.12. The molecule has 1 aromatic carbocycles. The molecule has 7 heteroatoms. The van der Waals surface area contributed by atoms with Crippen LogP contribution in [0, 0.1) is 6.92 Å². The molecule has 1 atom stereocenters. The summed E-state index contributed by atoms with van der Waals surface area (Å²) in [5, 5.41) is 11.2. The molecular weight excluding hydrogens is 326 g/mol. The van der Waals surface area contributed by atoms with Crippen molar-refractivity contribution in [1.29, 1.82) is 0 Å². The van der Waals surface area contributed by atoms with E-state index >= 15 is 0 Å². The van der Waals surface area contributed by atoms with Gasteiger partial charge in [-0.25, -0.2) is 9.97 Å². The van der Waals surface area contributed by atoms with Crippen molar-refractivity contribution in [3.63, 3.8) is 0 Å². The van der Waals surface area contributed by atoms with Crippen LogP contribution >= 0.6 is 11.8 Å². The van der Waals surface area contributed by atoms with Crippen LogP contribution in [0.15, 0.2) is 41.6 Å². The molecule has 1 saturated heterocycles. The summed E-state index contributed by atoms with van der Waals surface area (Å²) in [4.78, 5) is 22.6. The average molecular weight is 344 g/mol. The Labute approximate surface area is 144 Å². The van der Waals surface area contributed by atoms with Crippen LogP contribution in [0.25, 0.3) is 0 Å². The predicted octanol–water partition coefficient (Wildman–Crippen LogP) is 1.20. The van der Waals surface area contributed by atoms with Gasteiger partial charge in [-0.2, -0.15) is 0 Å². The van der Waals surface area contributed by atoms with Gasteiger partial charge in [0.25, 0.3) is 0 Å². The number of hydrogen-bond acceptors (Lipinski definition) is 7. The monoisotopic (exact) mass is 344 g/mol. The lowest BCUT2D eigenvalue weighted by atomic mass is 10.1. The molecule has 1 fully saturated rings. The van der Waals surface area contributed by atoms with Gasteiger partial charge < -0.3 is 19.5 Å². The van der Waals surface area contributed by atoms with Crippen LogP contribution < -0.4 is 10.0 Å². The first-order valence-electron chi connectivity index (χ1n) is 7.74. The third kappa shape index (κ3) is 4.04. The number of carboxylic acid groups (broad SMARTS) is 1. The van der Waals surface area contributed by atoms with Crippen molar-refractivity contribution >= 4 is 23.5 Å².